The standard InChI is InChI=1S/C21H25F3N2O4/c1-26(13-14-5-7-15(8-6-14)21(22,23)24)10-9-19(27)25-16-11-17(28-2)20(30-4)18(12-16)29-3/h5-8,11-12H,9-10,13H2,1-4H3,(H,25,27). The fraction of sp³-hybridized carbons (Fsp3) is 0.381. The number of alkyl halides is 3. The first-order chi connectivity index (χ1) is 14.2. The molecule has 30 heavy (non-hydrogen) atoms. The summed E-state index contributed by atoms with van der Waals surface area (Å²) in [6.07, 6.45) is -4.15. The third kappa shape index (κ3) is 6.28. The molecule has 0 saturated heterocycles. The van der Waals surface area contributed by atoms with E-state index < -0.39 is 11.7 Å². The van der Waals surface area contributed by atoms with Gasteiger partial charge in [-0.2, -0.15) is 13.2 Å². The van der Waals surface area contributed by atoms with Crippen LogP contribution >= 0.6 is 0 Å². The minimum atomic E-state index is -4.35. The first kappa shape index (κ1) is 23.3. The SMILES string of the molecule is COc1cc(NC(=O)CCN(C)Cc2ccc(C(F)(F)F)cc2)cc(OC)c1OC. The number of hydrogen-bond acceptors (Lipinski definition) is 5. The summed E-state index contributed by atoms with van der Waals surface area (Å²) in [5.74, 6) is 1.05. The second-order valence-electron chi connectivity index (χ2n) is 6.64. The van der Waals surface area contributed by atoms with Crippen molar-refractivity contribution in [1.82, 2.24) is 4.90 Å². The Hall–Kier alpha value is -2.94. The molecule has 2 aromatic carbocycles. The number of carbonyl (C=O) groups is 1. The molecule has 1 N–H and O–H groups in total. The Morgan fingerprint density at radius 1 is 1.00 bits per heavy atom. The molecule has 0 aliphatic heterocycles. The summed E-state index contributed by atoms with van der Waals surface area (Å²) in [7, 11) is 6.26. The average Bonchev–Trinajstić information content (AvgIpc) is 2.71. The van der Waals surface area contributed by atoms with Crippen molar-refractivity contribution in [3.8, 4) is 17.2 Å². The van der Waals surface area contributed by atoms with Crippen LogP contribution in [0.3, 0.4) is 0 Å². The van der Waals surface area contributed by atoms with Gasteiger partial charge in [0.05, 0.1) is 26.9 Å². The Labute approximate surface area is 173 Å². The zero-order chi connectivity index (χ0) is 22.3. The molecule has 0 unspecified atom stereocenters. The van der Waals surface area contributed by atoms with Crippen molar-refractivity contribution in [3.05, 3.63) is 47.5 Å². The lowest BCUT2D eigenvalue weighted by Gasteiger charge is -2.18. The lowest BCUT2D eigenvalue weighted by atomic mass is 10.1. The van der Waals surface area contributed by atoms with Gasteiger partial charge in [-0.3, -0.25) is 4.79 Å². The zero-order valence-electron chi connectivity index (χ0n) is 17.3. The van der Waals surface area contributed by atoms with Crippen LogP contribution in [0.25, 0.3) is 0 Å². The maximum atomic E-state index is 12.6. The van der Waals surface area contributed by atoms with Crippen molar-refractivity contribution in [2.75, 3.05) is 40.2 Å². The Morgan fingerprint density at radius 2 is 1.57 bits per heavy atom. The van der Waals surface area contributed by atoms with Crippen molar-refractivity contribution >= 4 is 11.6 Å². The largest absolute Gasteiger partial charge is 0.493 e. The summed E-state index contributed by atoms with van der Waals surface area (Å²) in [4.78, 5) is 14.2. The molecule has 0 bridgehead atoms. The molecule has 9 heteroatoms. The van der Waals surface area contributed by atoms with Gasteiger partial charge in [-0.15, -0.1) is 0 Å². The Morgan fingerprint density at radius 3 is 2.03 bits per heavy atom. The van der Waals surface area contributed by atoms with Crippen molar-refractivity contribution in [3.63, 3.8) is 0 Å². The minimum Gasteiger partial charge on any atom is -0.493 e. The van der Waals surface area contributed by atoms with Gasteiger partial charge in [-0.25, -0.2) is 0 Å². The molecule has 0 spiro atoms. The Kier molecular flexibility index (Phi) is 7.93. The molecule has 2 aromatic rings. The van der Waals surface area contributed by atoms with E-state index in [4.69, 9.17) is 14.2 Å². The molecular weight excluding hydrogens is 401 g/mol. The summed E-state index contributed by atoms with van der Waals surface area (Å²) in [6, 6.07) is 8.25. The highest BCUT2D eigenvalue weighted by molar-refractivity contribution is 5.91. The molecule has 0 atom stereocenters. The van der Waals surface area contributed by atoms with E-state index >= 15 is 0 Å². The van der Waals surface area contributed by atoms with E-state index in [0.717, 1.165) is 17.7 Å². The van der Waals surface area contributed by atoms with E-state index in [1.807, 2.05) is 4.90 Å². The summed E-state index contributed by atoms with van der Waals surface area (Å²) in [6.45, 7) is 0.854. The number of methoxy groups -OCH3 is 3. The third-order valence-corrected chi connectivity index (χ3v) is 4.40. The minimum absolute atomic E-state index is 0.202. The third-order valence-electron chi connectivity index (χ3n) is 4.40. The fourth-order valence-corrected chi connectivity index (χ4v) is 2.86. The van der Waals surface area contributed by atoms with Gasteiger partial charge in [0, 0.05) is 37.3 Å². The van der Waals surface area contributed by atoms with E-state index in [0.29, 0.717) is 36.0 Å². The molecule has 0 radical (unpaired) electrons. The molecule has 0 aromatic heterocycles. The van der Waals surface area contributed by atoms with Gasteiger partial charge in [0.25, 0.3) is 0 Å². The monoisotopic (exact) mass is 426 g/mol. The number of hydrogen-bond donors (Lipinski definition) is 1. The lowest BCUT2D eigenvalue weighted by Crippen LogP contribution is -2.24. The molecule has 1 amide bonds. The number of benzene rings is 2. The second-order valence-corrected chi connectivity index (χ2v) is 6.64. The van der Waals surface area contributed by atoms with Crippen LogP contribution < -0.4 is 19.5 Å². The number of nitrogens with zero attached hydrogens (tertiary/aromatic N) is 1. The van der Waals surface area contributed by atoms with Crippen LogP contribution in [0, 0.1) is 0 Å². The first-order valence-electron chi connectivity index (χ1n) is 9.12. The number of anilines is 1. The Balaban J connectivity index is 1.91. The van der Waals surface area contributed by atoms with Crippen LogP contribution in [0.15, 0.2) is 36.4 Å². The van der Waals surface area contributed by atoms with E-state index in [-0.39, 0.29) is 12.3 Å². The second kappa shape index (κ2) is 10.2. The fourth-order valence-electron chi connectivity index (χ4n) is 2.86. The highest BCUT2D eigenvalue weighted by Crippen LogP contribution is 2.39. The van der Waals surface area contributed by atoms with Gasteiger partial charge in [-0.1, -0.05) is 12.1 Å². The molecule has 6 nitrogen and oxygen atoms in total. The highest BCUT2D eigenvalue weighted by Gasteiger charge is 2.29. The average molecular weight is 426 g/mol. The first-order valence-corrected chi connectivity index (χ1v) is 9.12. The molecule has 2 rings (SSSR count). The van der Waals surface area contributed by atoms with Gasteiger partial charge in [0.1, 0.15) is 0 Å². The molecule has 164 valence electrons. The van der Waals surface area contributed by atoms with Crippen molar-refractivity contribution in [2.45, 2.75) is 19.1 Å². The van der Waals surface area contributed by atoms with Crippen molar-refractivity contribution in [1.29, 1.82) is 0 Å². The van der Waals surface area contributed by atoms with Crippen LogP contribution in [0.2, 0.25) is 0 Å². The number of rotatable bonds is 9. The summed E-state index contributed by atoms with van der Waals surface area (Å²) < 4.78 is 53.7. The van der Waals surface area contributed by atoms with Crippen LogP contribution in [0.1, 0.15) is 17.5 Å². The van der Waals surface area contributed by atoms with E-state index in [9.17, 15) is 18.0 Å². The highest BCUT2D eigenvalue weighted by atomic mass is 19.4. The predicted octanol–water partition coefficient (Wildman–Crippen LogP) is 4.19. The number of halogens is 3. The van der Waals surface area contributed by atoms with Crippen LogP contribution in [-0.4, -0.2) is 45.7 Å². The lowest BCUT2D eigenvalue weighted by molar-refractivity contribution is -0.137. The van der Waals surface area contributed by atoms with Gasteiger partial charge >= 0.3 is 6.18 Å². The number of amides is 1. The number of nitrogens with one attached hydrogen (secondary N) is 1. The van der Waals surface area contributed by atoms with E-state index in [1.165, 1.54) is 33.5 Å². The molecule has 0 fully saturated rings. The number of carbonyl (C=O) groups excluding carboxylic acids is 1. The van der Waals surface area contributed by atoms with Gasteiger partial charge < -0.3 is 24.4 Å². The van der Waals surface area contributed by atoms with Crippen LogP contribution in [0.5, 0.6) is 17.2 Å². The Bertz CT molecular complexity index is 829. The molecule has 0 heterocycles. The molecule has 0 aliphatic rings. The van der Waals surface area contributed by atoms with Gasteiger partial charge in [0.15, 0.2) is 11.5 Å². The van der Waals surface area contributed by atoms with Gasteiger partial charge in [0.2, 0.25) is 11.7 Å². The smallest absolute Gasteiger partial charge is 0.416 e. The number of ether oxygens (including phenoxy) is 3. The van der Waals surface area contributed by atoms with E-state index in [1.54, 1.807) is 19.2 Å². The maximum absolute atomic E-state index is 12.6. The zero-order valence-corrected chi connectivity index (χ0v) is 17.3. The van der Waals surface area contributed by atoms with Crippen LogP contribution in [-0.2, 0) is 17.5 Å². The summed E-state index contributed by atoms with van der Waals surface area (Å²) >= 11 is 0. The quantitative estimate of drug-likeness (QED) is 0.652. The molecule has 0 aliphatic carbocycles. The topological polar surface area (TPSA) is 60.0 Å². The molecule has 0 saturated carbocycles. The van der Waals surface area contributed by atoms with Crippen molar-refractivity contribution in [2.24, 2.45) is 0 Å². The maximum Gasteiger partial charge on any atom is 0.416 e. The van der Waals surface area contributed by atoms with Gasteiger partial charge in [-0.05, 0) is 24.7 Å². The summed E-state index contributed by atoms with van der Waals surface area (Å²) in [5, 5.41) is 2.78. The van der Waals surface area contributed by atoms with Crippen LogP contribution in [0.4, 0.5) is 18.9 Å². The van der Waals surface area contributed by atoms with E-state index in [2.05, 4.69) is 5.32 Å². The van der Waals surface area contributed by atoms with Crippen molar-refractivity contribution < 1.29 is 32.2 Å². The summed E-state index contributed by atoms with van der Waals surface area (Å²) in [5.41, 5.74) is 0.550. The molecular formula is C21H25F3N2O4. The normalized spacial score (nSPS) is 11.3. The predicted molar refractivity (Wildman–Crippen MR) is 107 cm³/mol.